The lowest BCUT2D eigenvalue weighted by molar-refractivity contribution is -0.147. The first-order chi connectivity index (χ1) is 6.70. The van der Waals surface area contributed by atoms with Crippen molar-refractivity contribution in [3.8, 4) is 0 Å². The first-order valence-electron chi connectivity index (χ1n) is 4.80. The van der Waals surface area contributed by atoms with Crippen LogP contribution in [0.15, 0.2) is 6.20 Å². The molecular weight excluding hydrogens is 182 g/mol. The van der Waals surface area contributed by atoms with Crippen molar-refractivity contribution in [3.63, 3.8) is 0 Å². The topological polar surface area (TPSA) is 73.3 Å². The summed E-state index contributed by atoms with van der Waals surface area (Å²) in [5.74, 6) is -1.18. The summed E-state index contributed by atoms with van der Waals surface area (Å²) < 4.78 is 0. The Hall–Kier alpha value is -1.29. The molecule has 1 aromatic heterocycles. The lowest BCUT2D eigenvalue weighted by Gasteiger charge is -2.13. The van der Waals surface area contributed by atoms with Crippen LogP contribution in [-0.2, 0) is 17.6 Å². The number of aliphatic carboxylic acids is 1. The van der Waals surface area contributed by atoms with Gasteiger partial charge in [0.25, 0.3) is 0 Å². The third-order valence-electron chi connectivity index (χ3n) is 2.75. The number of carboxylic acid groups (broad SMARTS) is 1. The SMILES string of the molecule is O=C(O)C(O)c1c[nH]c2c1CCCC2. The molecule has 0 spiro atoms. The largest absolute Gasteiger partial charge is 0.479 e. The summed E-state index contributed by atoms with van der Waals surface area (Å²) in [5, 5.41) is 18.1. The van der Waals surface area contributed by atoms with Crippen LogP contribution in [0.2, 0.25) is 0 Å². The van der Waals surface area contributed by atoms with E-state index < -0.39 is 12.1 Å². The van der Waals surface area contributed by atoms with Gasteiger partial charge in [-0.05, 0) is 31.2 Å². The molecule has 0 saturated carbocycles. The monoisotopic (exact) mass is 195 g/mol. The fourth-order valence-corrected chi connectivity index (χ4v) is 2.01. The van der Waals surface area contributed by atoms with E-state index in [1.54, 1.807) is 6.20 Å². The molecule has 0 aliphatic heterocycles. The number of aliphatic hydroxyl groups is 1. The van der Waals surface area contributed by atoms with Gasteiger partial charge >= 0.3 is 5.97 Å². The number of aliphatic hydroxyl groups excluding tert-OH is 1. The molecule has 0 fully saturated rings. The number of H-pyrrole nitrogens is 1. The minimum atomic E-state index is -1.38. The number of carbonyl (C=O) groups is 1. The maximum absolute atomic E-state index is 10.6. The summed E-state index contributed by atoms with van der Waals surface area (Å²) in [5.41, 5.74) is 2.63. The predicted molar refractivity (Wildman–Crippen MR) is 50.0 cm³/mol. The van der Waals surface area contributed by atoms with Gasteiger partial charge in [-0.3, -0.25) is 0 Å². The third kappa shape index (κ3) is 1.42. The van der Waals surface area contributed by atoms with Crippen molar-refractivity contribution in [3.05, 3.63) is 23.0 Å². The highest BCUT2D eigenvalue weighted by molar-refractivity contribution is 5.74. The molecule has 2 rings (SSSR count). The molecule has 3 N–H and O–H groups in total. The predicted octanol–water partition coefficient (Wildman–Crippen LogP) is 1.01. The molecule has 0 amide bonds. The Labute approximate surface area is 81.6 Å². The third-order valence-corrected chi connectivity index (χ3v) is 2.75. The van der Waals surface area contributed by atoms with E-state index in [-0.39, 0.29) is 0 Å². The van der Waals surface area contributed by atoms with Crippen molar-refractivity contribution < 1.29 is 15.0 Å². The average Bonchev–Trinajstić information content (AvgIpc) is 2.60. The van der Waals surface area contributed by atoms with Gasteiger partial charge < -0.3 is 15.2 Å². The highest BCUT2D eigenvalue weighted by Gasteiger charge is 2.24. The summed E-state index contributed by atoms with van der Waals surface area (Å²) in [6, 6.07) is 0. The van der Waals surface area contributed by atoms with E-state index in [1.807, 2.05) is 0 Å². The maximum atomic E-state index is 10.6. The normalized spacial score (nSPS) is 17.5. The van der Waals surface area contributed by atoms with E-state index in [0.29, 0.717) is 5.56 Å². The average molecular weight is 195 g/mol. The van der Waals surface area contributed by atoms with Crippen LogP contribution in [0.3, 0.4) is 0 Å². The molecule has 0 radical (unpaired) electrons. The van der Waals surface area contributed by atoms with Crippen molar-refractivity contribution in [2.45, 2.75) is 31.8 Å². The number of hydrogen-bond acceptors (Lipinski definition) is 2. The van der Waals surface area contributed by atoms with Gasteiger partial charge in [0, 0.05) is 17.5 Å². The Bertz CT molecular complexity index is 356. The standard InChI is InChI=1S/C10H13NO3/c12-9(10(13)14)7-5-11-8-4-2-1-3-6(7)8/h5,9,11-12H,1-4H2,(H,13,14). The number of aryl methyl sites for hydroxylation is 1. The minimum Gasteiger partial charge on any atom is -0.479 e. The molecule has 4 nitrogen and oxygen atoms in total. The van der Waals surface area contributed by atoms with Gasteiger partial charge in [0.2, 0.25) is 0 Å². The summed E-state index contributed by atoms with van der Waals surface area (Å²) >= 11 is 0. The Morgan fingerprint density at radius 1 is 1.43 bits per heavy atom. The Morgan fingerprint density at radius 3 is 2.86 bits per heavy atom. The van der Waals surface area contributed by atoms with E-state index >= 15 is 0 Å². The molecule has 4 heteroatoms. The molecular formula is C10H13NO3. The van der Waals surface area contributed by atoms with Crippen molar-refractivity contribution in [2.75, 3.05) is 0 Å². The number of rotatable bonds is 2. The van der Waals surface area contributed by atoms with Crippen LogP contribution in [0.1, 0.15) is 35.8 Å². The number of aromatic amines is 1. The van der Waals surface area contributed by atoms with Crippen LogP contribution in [0, 0.1) is 0 Å². The van der Waals surface area contributed by atoms with E-state index in [9.17, 15) is 9.90 Å². The summed E-state index contributed by atoms with van der Waals surface area (Å²) in [6.07, 6.45) is 4.28. The molecule has 1 atom stereocenters. The Morgan fingerprint density at radius 2 is 2.14 bits per heavy atom. The number of hydrogen-bond donors (Lipinski definition) is 3. The molecule has 76 valence electrons. The molecule has 14 heavy (non-hydrogen) atoms. The van der Waals surface area contributed by atoms with Gasteiger partial charge in [0.1, 0.15) is 0 Å². The van der Waals surface area contributed by atoms with Crippen LogP contribution < -0.4 is 0 Å². The molecule has 0 saturated heterocycles. The molecule has 1 aromatic rings. The van der Waals surface area contributed by atoms with Crippen molar-refractivity contribution in [1.82, 2.24) is 4.98 Å². The molecule has 1 aliphatic rings. The highest BCUT2D eigenvalue weighted by Crippen LogP contribution is 2.27. The lowest BCUT2D eigenvalue weighted by Crippen LogP contribution is -2.13. The van der Waals surface area contributed by atoms with Gasteiger partial charge in [0.15, 0.2) is 6.10 Å². The van der Waals surface area contributed by atoms with Crippen LogP contribution in [-0.4, -0.2) is 21.2 Å². The molecule has 0 bridgehead atoms. The first-order valence-corrected chi connectivity index (χ1v) is 4.80. The van der Waals surface area contributed by atoms with Crippen LogP contribution in [0.5, 0.6) is 0 Å². The second kappa shape index (κ2) is 3.46. The van der Waals surface area contributed by atoms with E-state index in [1.165, 1.54) is 0 Å². The molecule has 0 aromatic carbocycles. The smallest absolute Gasteiger partial charge is 0.337 e. The number of carboxylic acids is 1. The van der Waals surface area contributed by atoms with Gasteiger partial charge in [-0.1, -0.05) is 0 Å². The van der Waals surface area contributed by atoms with E-state index in [4.69, 9.17) is 5.11 Å². The lowest BCUT2D eigenvalue weighted by atomic mass is 9.93. The zero-order chi connectivity index (χ0) is 10.1. The second-order valence-corrected chi connectivity index (χ2v) is 3.65. The fraction of sp³-hybridized carbons (Fsp3) is 0.500. The van der Waals surface area contributed by atoms with Crippen LogP contribution in [0.4, 0.5) is 0 Å². The van der Waals surface area contributed by atoms with Gasteiger partial charge in [-0.2, -0.15) is 0 Å². The van der Waals surface area contributed by atoms with Gasteiger partial charge in [0.05, 0.1) is 0 Å². The number of nitrogens with one attached hydrogen (secondary N) is 1. The number of aromatic nitrogens is 1. The number of fused-ring (bicyclic) bond motifs is 1. The maximum Gasteiger partial charge on any atom is 0.337 e. The molecule has 1 aliphatic carbocycles. The summed E-state index contributed by atoms with van der Waals surface area (Å²) in [7, 11) is 0. The highest BCUT2D eigenvalue weighted by atomic mass is 16.4. The zero-order valence-electron chi connectivity index (χ0n) is 7.79. The van der Waals surface area contributed by atoms with Gasteiger partial charge in [-0.15, -0.1) is 0 Å². The van der Waals surface area contributed by atoms with E-state index in [0.717, 1.165) is 36.9 Å². The quantitative estimate of drug-likeness (QED) is 0.659. The van der Waals surface area contributed by atoms with Gasteiger partial charge in [-0.25, -0.2) is 4.79 Å². The van der Waals surface area contributed by atoms with Crippen molar-refractivity contribution in [2.24, 2.45) is 0 Å². The first kappa shape index (κ1) is 9.27. The molecule has 1 unspecified atom stereocenters. The second-order valence-electron chi connectivity index (χ2n) is 3.65. The minimum absolute atomic E-state index is 0.534. The van der Waals surface area contributed by atoms with E-state index in [2.05, 4.69) is 4.98 Å². The fourth-order valence-electron chi connectivity index (χ4n) is 2.01. The Balaban J connectivity index is 2.34. The summed E-state index contributed by atoms with van der Waals surface area (Å²) in [4.78, 5) is 13.7. The van der Waals surface area contributed by atoms with Crippen LogP contribution >= 0.6 is 0 Å². The van der Waals surface area contributed by atoms with Crippen LogP contribution in [0.25, 0.3) is 0 Å². The zero-order valence-corrected chi connectivity index (χ0v) is 7.79. The van der Waals surface area contributed by atoms with Crippen molar-refractivity contribution >= 4 is 5.97 Å². The van der Waals surface area contributed by atoms with Crippen molar-refractivity contribution in [1.29, 1.82) is 0 Å². The summed E-state index contributed by atoms with van der Waals surface area (Å²) in [6.45, 7) is 0. The molecule has 1 heterocycles. The Kier molecular flexibility index (Phi) is 2.29.